The zero-order valence-electron chi connectivity index (χ0n) is 6.63. The minimum Gasteiger partial charge on any atom is -0.480 e. The zero-order chi connectivity index (χ0) is 8.91. The topological polar surface area (TPSA) is 63.3 Å². The van der Waals surface area contributed by atoms with Crippen LogP contribution in [0.5, 0.6) is 0 Å². The third-order valence-electron chi connectivity index (χ3n) is 1.51. The van der Waals surface area contributed by atoms with Gasteiger partial charge in [0, 0.05) is 6.42 Å². The lowest BCUT2D eigenvalue weighted by molar-refractivity contribution is -0.142. The van der Waals surface area contributed by atoms with Gasteiger partial charge < -0.3 is 10.8 Å². The molecular formula is C8H13NO2. The third-order valence-corrected chi connectivity index (χ3v) is 1.51. The van der Waals surface area contributed by atoms with E-state index in [1.807, 2.05) is 0 Å². The average molecular weight is 155 g/mol. The van der Waals surface area contributed by atoms with E-state index >= 15 is 0 Å². The number of terminal acetylenes is 1. The maximum Gasteiger partial charge on any atom is 0.323 e. The molecule has 0 aliphatic carbocycles. The molecule has 0 amide bonds. The lowest BCUT2D eigenvalue weighted by Gasteiger charge is -2.17. The fraction of sp³-hybridized carbons (Fsp3) is 0.625. The van der Waals surface area contributed by atoms with Gasteiger partial charge >= 0.3 is 5.97 Å². The molecule has 0 saturated carbocycles. The number of carbonyl (C=O) groups is 1. The molecule has 0 aliphatic heterocycles. The molecule has 0 unspecified atom stereocenters. The Morgan fingerprint density at radius 1 is 1.82 bits per heavy atom. The van der Waals surface area contributed by atoms with Gasteiger partial charge in [-0.05, 0) is 19.8 Å². The molecule has 1 atom stereocenters. The Morgan fingerprint density at radius 3 is 2.73 bits per heavy atom. The number of carboxylic acid groups (broad SMARTS) is 1. The van der Waals surface area contributed by atoms with E-state index in [0.717, 1.165) is 0 Å². The number of rotatable bonds is 4. The summed E-state index contributed by atoms with van der Waals surface area (Å²) in [6.07, 6.45) is 6.66. The monoisotopic (exact) mass is 155 g/mol. The Morgan fingerprint density at radius 2 is 2.36 bits per heavy atom. The fourth-order valence-corrected chi connectivity index (χ4v) is 0.665. The van der Waals surface area contributed by atoms with Crippen LogP contribution in [0.4, 0.5) is 0 Å². The van der Waals surface area contributed by atoms with Crippen LogP contribution in [0.2, 0.25) is 0 Å². The molecule has 0 aliphatic rings. The van der Waals surface area contributed by atoms with Crippen molar-refractivity contribution in [2.75, 3.05) is 0 Å². The number of nitrogens with two attached hydrogens (primary N) is 1. The maximum absolute atomic E-state index is 10.4. The van der Waals surface area contributed by atoms with Crippen molar-refractivity contribution in [3.05, 3.63) is 0 Å². The number of aliphatic carboxylic acids is 1. The van der Waals surface area contributed by atoms with Gasteiger partial charge in [-0.1, -0.05) is 0 Å². The Kier molecular flexibility index (Phi) is 3.63. The largest absolute Gasteiger partial charge is 0.480 e. The molecule has 11 heavy (non-hydrogen) atoms. The van der Waals surface area contributed by atoms with E-state index in [4.69, 9.17) is 17.3 Å². The van der Waals surface area contributed by atoms with Crippen molar-refractivity contribution in [2.24, 2.45) is 5.73 Å². The van der Waals surface area contributed by atoms with E-state index < -0.39 is 11.5 Å². The quantitative estimate of drug-likeness (QED) is 0.461. The smallest absolute Gasteiger partial charge is 0.323 e. The van der Waals surface area contributed by atoms with Gasteiger partial charge in [-0.2, -0.15) is 0 Å². The number of unbranched alkanes of at least 4 members (excludes halogenated alkanes) is 1. The first-order chi connectivity index (χ1) is 5.00. The minimum atomic E-state index is -1.13. The molecule has 62 valence electrons. The van der Waals surface area contributed by atoms with Crippen LogP contribution in [0.15, 0.2) is 0 Å². The van der Waals surface area contributed by atoms with Crippen LogP contribution in [-0.4, -0.2) is 16.6 Å². The molecule has 3 N–H and O–H groups in total. The molecular weight excluding hydrogens is 142 g/mol. The van der Waals surface area contributed by atoms with E-state index in [9.17, 15) is 4.79 Å². The summed E-state index contributed by atoms with van der Waals surface area (Å²) in [5.41, 5.74) is 4.30. The van der Waals surface area contributed by atoms with Crippen LogP contribution in [0.3, 0.4) is 0 Å². The van der Waals surface area contributed by atoms with E-state index in [1.54, 1.807) is 0 Å². The summed E-state index contributed by atoms with van der Waals surface area (Å²) in [4.78, 5) is 10.4. The van der Waals surface area contributed by atoms with Gasteiger partial charge in [-0.25, -0.2) is 0 Å². The van der Waals surface area contributed by atoms with Crippen molar-refractivity contribution < 1.29 is 9.90 Å². The molecule has 0 aromatic heterocycles. The molecule has 0 aromatic rings. The average Bonchev–Trinajstić information content (AvgIpc) is 1.88. The molecule has 0 saturated heterocycles. The maximum atomic E-state index is 10.4. The summed E-state index contributed by atoms with van der Waals surface area (Å²) >= 11 is 0. The summed E-state index contributed by atoms with van der Waals surface area (Å²) in [5, 5.41) is 8.56. The lowest BCUT2D eigenvalue weighted by atomic mass is 9.97. The van der Waals surface area contributed by atoms with E-state index in [0.29, 0.717) is 19.3 Å². The van der Waals surface area contributed by atoms with Crippen molar-refractivity contribution in [3.8, 4) is 12.3 Å². The summed E-state index contributed by atoms with van der Waals surface area (Å²) in [6, 6.07) is 0. The first-order valence-electron chi connectivity index (χ1n) is 3.46. The third kappa shape index (κ3) is 3.64. The summed E-state index contributed by atoms with van der Waals surface area (Å²) in [6.45, 7) is 1.49. The zero-order valence-corrected chi connectivity index (χ0v) is 6.63. The van der Waals surface area contributed by atoms with Gasteiger partial charge in [-0.15, -0.1) is 12.3 Å². The second-order valence-electron chi connectivity index (χ2n) is 2.78. The number of hydrogen-bond donors (Lipinski definition) is 2. The highest BCUT2D eigenvalue weighted by atomic mass is 16.4. The van der Waals surface area contributed by atoms with Crippen molar-refractivity contribution in [1.29, 1.82) is 0 Å². The van der Waals surface area contributed by atoms with Crippen LogP contribution in [-0.2, 0) is 4.79 Å². The molecule has 0 aromatic carbocycles. The first kappa shape index (κ1) is 9.99. The highest BCUT2D eigenvalue weighted by molar-refractivity contribution is 5.77. The Hall–Kier alpha value is -1.01. The van der Waals surface area contributed by atoms with Crippen molar-refractivity contribution >= 4 is 5.97 Å². The Bertz CT molecular complexity index is 179. The van der Waals surface area contributed by atoms with Crippen molar-refractivity contribution in [2.45, 2.75) is 31.7 Å². The van der Waals surface area contributed by atoms with E-state index in [2.05, 4.69) is 5.92 Å². The van der Waals surface area contributed by atoms with E-state index in [1.165, 1.54) is 6.92 Å². The second kappa shape index (κ2) is 3.99. The molecule has 0 spiro atoms. The highest BCUT2D eigenvalue weighted by Crippen LogP contribution is 2.09. The van der Waals surface area contributed by atoms with Crippen LogP contribution in [0.25, 0.3) is 0 Å². The van der Waals surface area contributed by atoms with Crippen LogP contribution in [0, 0.1) is 12.3 Å². The van der Waals surface area contributed by atoms with Crippen LogP contribution >= 0.6 is 0 Å². The van der Waals surface area contributed by atoms with Gasteiger partial charge in [-0.3, -0.25) is 4.79 Å². The van der Waals surface area contributed by atoms with Crippen LogP contribution in [0.1, 0.15) is 26.2 Å². The highest BCUT2D eigenvalue weighted by Gasteiger charge is 2.26. The number of hydrogen-bond acceptors (Lipinski definition) is 2. The summed E-state index contributed by atoms with van der Waals surface area (Å²) < 4.78 is 0. The van der Waals surface area contributed by atoms with Crippen molar-refractivity contribution in [1.82, 2.24) is 0 Å². The standard InChI is InChI=1S/C8H13NO2/c1-3-4-5-6-8(2,9)7(10)11/h1H,4-6,9H2,2H3,(H,10,11)/t8-/m0/s1. The van der Waals surface area contributed by atoms with Crippen molar-refractivity contribution in [3.63, 3.8) is 0 Å². The lowest BCUT2D eigenvalue weighted by Crippen LogP contribution is -2.44. The predicted octanol–water partition coefficient (Wildman–Crippen LogP) is 0.592. The molecule has 0 heterocycles. The van der Waals surface area contributed by atoms with Gasteiger partial charge in [0.1, 0.15) is 5.54 Å². The minimum absolute atomic E-state index is 0.423. The van der Waals surface area contributed by atoms with Gasteiger partial charge in [0.25, 0.3) is 0 Å². The van der Waals surface area contributed by atoms with Gasteiger partial charge in [0.05, 0.1) is 0 Å². The first-order valence-corrected chi connectivity index (χ1v) is 3.46. The predicted molar refractivity (Wildman–Crippen MR) is 42.9 cm³/mol. The Balaban J connectivity index is 3.75. The normalized spacial score (nSPS) is 15.0. The second-order valence-corrected chi connectivity index (χ2v) is 2.78. The SMILES string of the molecule is C#CCCC[C@](C)(N)C(=O)O. The van der Waals surface area contributed by atoms with Gasteiger partial charge in [0.15, 0.2) is 0 Å². The molecule has 0 radical (unpaired) electrons. The van der Waals surface area contributed by atoms with Gasteiger partial charge in [0.2, 0.25) is 0 Å². The van der Waals surface area contributed by atoms with E-state index in [-0.39, 0.29) is 0 Å². The summed E-state index contributed by atoms with van der Waals surface area (Å²) in [5.74, 6) is 1.45. The molecule has 0 fully saturated rings. The van der Waals surface area contributed by atoms with Crippen LogP contribution < -0.4 is 5.73 Å². The fourth-order valence-electron chi connectivity index (χ4n) is 0.665. The molecule has 3 nitrogen and oxygen atoms in total. The molecule has 3 heteroatoms. The molecule has 0 bridgehead atoms. The number of carboxylic acids is 1. The summed E-state index contributed by atoms with van der Waals surface area (Å²) in [7, 11) is 0. The molecule has 0 rings (SSSR count). The Labute approximate surface area is 66.6 Å².